The minimum absolute atomic E-state index is 0.226. The number of aryl methyl sites for hydroxylation is 1. The zero-order valence-electron chi connectivity index (χ0n) is 19.1. The molecule has 0 aliphatic heterocycles. The third-order valence-corrected chi connectivity index (χ3v) is 6.65. The number of methoxy groups -OCH3 is 1. The van der Waals surface area contributed by atoms with Crippen LogP contribution in [-0.4, -0.2) is 27.0 Å². The first kappa shape index (κ1) is 21.8. The summed E-state index contributed by atoms with van der Waals surface area (Å²) in [6, 6.07) is 19.0. The molecule has 170 valence electrons. The average molecular weight is 442 g/mol. The van der Waals surface area contributed by atoms with Gasteiger partial charge in [-0.15, -0.1) is 0 Å². The van der Waals surface area contributed by atoms with Crippen molar-refractivity contribution in [1.82, 2.24) is 19.9 Å². The maximum Gasteiger partial charge on any atom is 0.121 e. The first-order valence-electron chi connectivity index (χ1n) is 11.7. The lowest BCUT2D eigenvalue weighted by molar-refractivity contribution is 0.148. The number of nitrogens with one attached hydrogen (secondary N) is 1. The Morgan fingerprint density at radius 2 is 1.94 bits per heavy atom. The van der Waals surface area contributed by atoms with Crippen LogP contribution in [0.15, 0.2) is 60.8 Å². The fourth-order valence-corrected chi connectivity index (χ4v) is 5.07. The van der Waals surface area contributed by atoms with Crippen LogP contribution in [-0.2, 0) is 37.4 Å². The summed E-state index contributed by atoms with van der Waals surface area (Å²) in [6.45, 7) is 2.55. The molecule has 33 heavy (non-hydrogen) atoms. The Kier molecular flexibility index (Phi) is 6.48. The number of hydrogen-bond acceptors (Lipinski definition) is 5. The molecule has 1 unspecified atom stereocenters. The van der Waals surface area contributed by atoms with Crippen LogP contribution < -0.4 is 5.73 Å². The van der Waals surface area contributed by atoms with E-state index in [2.05, 4.69) is 46.3 Å². The summed E-state index contributed by atoms with van der Waals surface area (Å²) >= 11 is 0. The van der Waals surface area contributed by atoms with Gasteiger partial charge in [-0.25, -0.2) is 4.98 Å². The van der Waals surface area contributed by atoms with E-state index in [1.54, 1.807) is 7.11 Å². The zero-order chi connectivity index (χ0) is 22.6. The number of rotatable bonds is 8. The molecule has 4 aromatic rings. The van der Waals surface area contributed by atoms with Crippen LogP contribution in [0.5, 0.6) is 0 Å². The molecule has 0 spiro atoms. The van der Waals surface area contributed by atoms with Crippen LogP contribution in [0.3, 0.4) is 0 Å². The highest BCUT2D eigenvalue weighted by Gasteiger charge is 2.29. The fraction of sp³-hybridized carbons (Fsp3) is 0.333. The van der Waals surface area contributed by atoms with Crippen molar-refractivity contribution >= 4 is 11.0 Å². The molecular formula is C27H31N5O. The van der Waals surface area contributed by atoms with Crippen molar-refractivity contribution < 1.29 is 4.74 Å². The van der Waals surface area contributed by atoms with Crippen molar-refractivity contribution in [2.45, 2.75) is 51.5 Å². The van der Waals surface area contributed by atoms with Crippen molar-refractivity contribution in [2.24, 2.45) is 5.73 Å². The van der Waals surface area contributed by atoms with Gasteiger partial charge in [-0.2, -0.15) is 0 Å². The Balaban J connectivity index is 1.55. The molecule has 2 aromatic heterocycles. The van der Waals surface area contributed by atoms with Crippen LogP contribution in [0.4, 0.5) is 0 Å². The summed E-state index contributed by atoms with van der Waals surface area (Å²) < 4.78 is 5.52. The summed E-state index contributed by atoms with van der Waals surface area (Å²) in [5, 5.41) is 0. The Morgan fingerprint density at radius 3 is 2.79 bits per heavy atom. The van der Waals surface area contributed by atoms with Crippen LogP contribution in [0, 0.1) is 0 Å². The highest BCUT2D eigenvalue weighted by atomic mass is 16.5. The van der Waals surface area contributed by atoms with Gasteiger partial charge in [-0.1, -0.05) is 36.4 Å². The van der Waals surface area contributed by atoms with Gasteiger partial charge in [0.2, 0.25) is 0 Å². The number of benzene rings is 2. The molecule has 2 heterocycles. The highest BCUT2D eigenvalue weighted by Crippen LogP contribution is 2.35. The number of para-hydroxylation sites is 2. The molecule has 1 aliphatic carbocycles. The average Bonchev–Trinajstić information content (AvgIpc) is 3.27. The summed E-state index contributed by atoms with van der Waals surface area (Å²) in [6.07, 6.45) is 5.24. The topological polar surface area (TPSA) is 80.1 Å². The lowest BCUT2D eigenvalue weighted by Crippen LogP contribution is -2.32. The van der Waals surface area contributed by atoms with E-state index in [0.717, 1.165) is 48.2 Å². The second kappa shape index (κ2) is 9.83. The van der Waals surface area contributed by atoms with Gasteiger partial charge < -0.3 is 15.5 Å². The second-order valence-electron chi connectivity index (χ2n) is 8.75. The van der Waals surface area contributed by atoms with Gasteiger partial charge in [-0.05, 0) is 59.7 Å². The predicted octanol–water partition coefficient (Wildman–Crippen LogP) is 4.64. The molecule has 0 fully saturated rings. The van der Waals surface area contributed by atoms with E-state index in [-0.39, 0.29) is 6.04 Å². The van der Waals surface area contributed by atoms with Crippen LogP contribution >= 0.6 is 0 Å². The van der Waals surface area contributed by atoms with Crippen LogP contribution in [0.1, 0.15) is 52.7 Å². The number of H-pyrrole nitrogens is 1. The van der Waals surface area contributed by atoms with Crippen LogP contribution in [0.25, 0.3) is 11.0 Å². The van der Waals surface area contributed by atoms with E-state index in [4.69, 9.17) is 20.4 Å². The lowest BCUT2D eigenvalue weighted by Gasteiger charge is -2.35. The smallest absolute Gasteiger partial charge is 0.121 e. The van der Waals surface area contributed by atoms with E-state index in [0.29, 0.717) is 19.7 Å². The molecule has 5 rings (SSSR count). The monoisotopic (exact) mass is 441 g/mol. The maximum atomic E-state index is 6.16. The molecule has 0 amide bonds. The molecule has 6 nitrogen and oxygen atoms in total. The quantitative estimate of drug-likeness (QED) is 0.416. The number of imidazole rings is 1. The Morgan fingerprint density at radius 1 is 1.06 bits per heavy atom. The van der Waals surface area contributed by atoms with Gasteiger partial charge >= 0.3 is 0 Å². The summed E-state index contributed by atoms with van der Waals surface area (Å²) in [5.41, 5.74) is 14.4. The van der Waals surface area contributed by atoms with Crippen molar-refractivity contribution in [3.63, 3.8) is 0 Å². The number of pyridine rings is 1. The van der Waals surface area contributed by atoms with Crippen molar-refractivity contribution in [3.8, 4) is 0 Å². The largest absolute Gasteiger partial charge is 0.380 e. The van der Waals surface area contributed by atoms with Gasteiger partial charge in [-0.3, -0.25) is 9.88 Å². The second-order valence-corrected chi connectivity index (χ2v) is 8.75. The third-order valence-electron chi connectivity index (χ3n) is 6.65. The molecule has 0 bridgehead atoms. The number of ether oxygens (including phenoxy) is 1. The molecule has 2 aromatic carbocycles. The summed E-state index contributed by atoms with van der Waals surface area (Å²) in [5.74, 6) is 0.970. The minimum Gasteiger partial charge on any atom is -0.380 e. The minimum atomic E-state index is 0.226. The van der Waals surface area contributed by atoms with E-state index in [1.165, 1.54) is 22.4 Å². The van der Waals surface area contributed by atoms with Crippen molar-refractivity contribution in [3.05, 3.63) is 94.6 Å². The molecule has 3 N–H and O–H groups in total. The Labute approximate surface area is 194 Å². The Bertz CT molecular complexity index is 1200. The van der Waals surface area contributed by atoms with E-state index >= 15 is 0 Å². The van der Waals surface area contributed by atoms with Crippen molar-refractivity contribution in [2.75, 3.05) is 7.11 Å². The fourth-order valence-electron chi connectivity index (χ4n) is 5.07. The van der Waals surface area contributed by atoms with Gasteiger partial charge in [0.15, 0.2) is 0 Å². The molecule has 0 radical (unpaired) electrons. The molecule has 1 aliphatic rings. The maximum absolute atomic E-state index is 6.16. The number of fused-ring (bicyclic) bond motifs is 2. The molecule has 1 atom stereocenters. The van der Waals surface area contributed by atoms with Crippen molar-refractivity contribution in [1.29, 1.82) is 0 Å². The number of hydrogen-bond donors (Lipinski definition) is 2. The van der Waals surface area contributed by atoms with E-state index in [1.807, 2.05) is 24.4 Å². The van der Waals surface area contributed by atoms with Gasteiger partial charge in [0.25, 0.3) is 0 Å². The number of nitrogens with zero attached hydrogens (tertiary/aromatic N) is 3. The van der Waals surface area contributed by atoms with Crippen LogP contribution in [0.2, 0.25) is 0 Å². The molecule has 0 saturated carbocycles. The zero-order valence-corrected chi connectivity index (χ0v) is 19.1. The number of nitrogens with two attached hydrogens (primary N) is 1. The van der Waals surface area contributed by atoms with Gasteiger partial charge in [0.05, 0.1) is 35.9 Å². The lowest BCUT2D eigenvalue weighted by atomic mass is 9.90. The number of aromatic nitrogens is 3. The predicted molar refractivity (Wildman–Crippen MR) is 130 cm³/mol. The third kappa shape index (κ3) is 4.55. The standard InChI is InChI=1S/C27H31N5O/c1-33-18-21-9-4-8-20(15-28)22(21)16-32(17-26-30-23-11-2-3-12-24(23)31-26)25-13-5-7-19-10-6-14-29-27(19)25/h2-4,6,8-12,14,25H,5,7,13,15-18,28H2,1H3,(H,30,31). The molecule has 6 heteroatoms. The molecular weight excluding hydrogens is 410 g/mol. The SMILES string of the molecule is COCc1cccc(CN)c1CN(Cc1nc2ccccc2[nH]1)C1CCCc2cccnc21. The Hall–Kier alpha value is -3.06. The summed E-state index contributed by atoms with van der Waals surface area (Å²) in [7, 11) is 1.74. The van der Waals surface area contributed by atoms with Gasteiger partial charge in [0.1, 0.15) is 5.82 Å². The molecule has 0 saturated heterocycles. The first-order valence-corrected chi connectivity index (χ1v) is 11.7. The highest BCUT2D eigenvalue weighted by molar-refractivity contribution is 5.74. The summed E-state index contributed by atoms with van der Waals surface area (Å²) in [4.78, 5) is 15.7. The normalized spacial score (nSPS) is 15.8. The van der Waals surface area contributed by atoms with E-state index in [9.17, 15) is 0 Å². The first-order chi connectivity index (χ1) is 16.3. The van der Waals surface area contributed by atoms with E-state index < -0.39 is 0 Å². The van der Waals surface area contributed by atoms with Gasteiger partial charge in [0, 0.05) is 26.4 Å². The number of aromatic amines is 1.